The van der Waals surface area contributed by atoms with Gasteiger partial charge in [-0.1, -0.05) is 60.1 Å². The molecule has 2 aromatic heterocycles. The summed E-state index contributed by atoms with van der Waals surface area (Å²) >= 11 is 6.59. The molecule has 6 rings (SSSR count). The number of aromatic nitrogens is 3. The van der Waals surface area contributed by atoms with Gasteiger partial charge in [-0.2, -0.15) is 0 Å². The minimum Gasteiger partial charge on any atom is -0.355 e. The molecule has 3 aromatic carbocycles. The molecule has 1 aliphatic heterocycles. The van der Waals surface area contributed by atoms with E-state index in [-0.39, 0.29) is 0 Å². The number of halogens is 1. The third-order valence-electron chi connectivity index (χ3n) is 6.64. The maximum absolute atomic E-state index is 6.59. The SMILES string of the molecule is Clc1ccc(Nc2cccc3c2CCN(Cc2cccnc2)C3)cc1-c1ncc(-c2ccccc2)[nH]1. The Morgan fingerprint density at radius 2 is 1.86 bits per heavy atom. The number of aromatic amines is 1. The van der Waals surface area contributed by atoms with Crippen molar-refractivity contribution < 1.29 is 0 Å². The van der Waals surface area contributed by atoms with Gasteiger partial charge < -0.3 is 10.3 Å². The summed E-state index contributed by atoms with van der Waals surface area (Å²) in [7, 11) is 0. The lowest BCUT2D eigenvalue weighted by Gasteiger charge is -2.30. The number of pyridine rings is 1. The lowest BCUT2D eigenvalue weighted by Crippen LogP contribution is -2.30. The highest BCUT2D eigenvalue weighted by Crippen LogP contribution is 2.34. The topological polar surface area (TPSA) is 56.8 Å². The Kier molecular flexibility index (Phi) is 6.24. The van der Waals surface area contributed by atoms with Crippen LogP contribution in [0.1, 0.15) is 16.7 Å². The molecule has 0 saturated carbocycles. The van der Waals surface area contributed by atoms with Crippen molar-refractivity contribution in [3.63, 3.8) is 0 Å². The Hall–Kier alpha value is -3.93. The summed E-state index contributed by atoms with van der Waals surface area (Å²) in [5, 5.41) is 4.31. The average Bonchev–Trinajstić information content (AvgIpc) is 3.41. The molecule has 0 fully saturated rings. The number of fused-ring (bicyclic) bond motifs is 1. The highest BCUT2D eigenvalue weighted by molar-refractivity contribution is 6.33. The second kappa shape index (κ2) is 9.97. The Morgan fingerprint density at radius 1 is 0.944 bits per heavy atom. The first-order chi connectivity index (χ1) is 17.7. The average molecular weight is 492 g/mol. The summed E-state index contributed by atoms with van der Waals surface area (Å²) in [6, 6.07) is 26.8. The van der Waals surface area contributed by atoms with Gasteiger partial charge in [-0.15, -0.1) is 0 Å². The number of anilines is 2. The Morgan fingerprint density at radius 3 is 2.72 bits per heavy atom. The van der Waals surface area contributed by atoms with Crippen LogP contribution < -0.4 is 5.32 Å². The van der Waals surface area contributed by atoms with Crippen molar-refractivity contribution >= 4 is 23.0 Å². The zero-order valence-corrected chi connectivity index (χ0v) is 20.5. The van der Waals surface area contributed by atoms with Crippen molar-refractivity contribution in [1.29, 1.82) is 0 Å². The lowest BCUT2D eigenvalue weighted by atomic mass is 9.97. The fourth-order valence-corrected chi connectivity index (χ4v) is 5.04. The number of benzene rings is 3. The van der Waals surface area contributed by atoms with Gasteiger partial charge in [0.05, 0.1) is 16.9 Å². The normalized spacial score (nSPS) is 13.4. The van der Waals surface area contributed by atoms with Crippen molar-refractivity contribution in [2.24, 2.45) is 0 Å². The minimum atomic E-state index is 0.663. The van der Waals surface area contributed by atoms with Gasteiger partial charge in [0.2, 0.25) is 0 Å². The number of imidazole rings is 1. The Bertz CT molecular complexity index is 1480. The Balaban J connectivity index is 1.22. The number of nitrogens with zero attached hydrogens (tertiary/aromatic N) is 3. The predicted molar refractivity (Wildman–Crippen MR) is 146 cm³/mol. The largest absolute Gasteiger partial charge is 0.355 e. The molecule has 0 amide bonds. The molecule has 5 nitrogen and oxygen atoms in total. The van der Waals surface area contributed by atoms with E-state index < -0.39 is 0 Å². The maximum atomic E-state index is 6.59. The summed E-state index contributed by atoms with van der Waals surface area (Å²) in [4.78, 5) is 14.8. The van der Waals surface area contributed by atoms with E-state index in [1.165, 1.54) is 16.7 Å². The van der Waals surface area contributed by atoms with Crippen LogP contribution in [0, 0.1) is 0 Å². The van der Waals surface area contributed by atoms with Crippen LogP contribution in [-0.4, -0.2) is 26.4 Å². The van der Waals surface area contributed by atoms with Crippen LogP contribution >= 0.6 is 11.6 Å². The van der Waals surface area contributed by atoms with Crippen molar-refractivity contribution in [3.05, 3.63) is 119 Å². The fraction of sp³-hybridized carbons (Fsp3) is 0.133. The van der Waals surface area contributed by atoms with Gasteiger partial charge >= 0.3 is 0 Å². The fourth-order valence-electron chi connectivity index (χ4n) is 4.83. The second-order valence-corrected chi connectivity index (χ2v) is 9.50. The first kappa shape index (κ1) is 22.5. The lowest BCUT2D eigenvalue weighted by molar-refractivity contribution is 0.245. The van der Waals surface area contributed by atoms with E-state index in [1.54, 1.807) is 0 Å². The molecule has 0 atom stereocenters. The quantitative estimate of drug-likeness (QED) is 0.266. The summed E-state index contributed by atoms with van der Waals surface area (Å²) in [6.07, 6.45) is 6.63. The monoisotopic (exact) mass is 491 g/mol. The number of nitrogens with one attached hydrogen (secondary N) is 2. The van der Waals surface area contributed by atoms with Crippen molar-refractivity contribution in [2.75, 3.05) is 11.9 Å². The van der Waals surface area contributed by atoms with Gasteiger partial charge in [0.1, 0.15) is 5.82 Å². The standard InChI is InChI=1S/C30H26ClN5/c31-27-12-11-24(16-26(27)30-33-18-29(35-30)22-7-2-1-3-8-22)34-28-10-4-9-23-20-36(15-13-25(23)28)19-21-6-5-14-32-17-21/h1-12,14,16-18,34H,13,15,19-20H2,(H,33,35). The second-order valence-electron chi connectivity index (χ2n) is 9.10. The van der Waals surface area contributed by atoms with Crippen LogP contribution in [0.2, 0.25) is 5.02 Å². The van der Waals surface area contributed by atoms with Gasteiger partial charge in [-0.25, -0.2) is 4.98 Å². The smallest absolute Gasteiger partial charge is 0.139 e. The molecular formula is C30H26ClN5. The molecule has 178 valence electrons. The van der Waals surface area contributed by atoms with Crippen molar-refractivity contribution in [2.45, 2.75) is 19.5 Å². The van der Waals surface area contributed by atoms with E-state index in [2.05, 4.69) is 67.6 Å². The molecule has 0 unspecified atom stereocenters. The summed E-state index contributed by atoms with van der Waals surface area (Å²) in [6.45, 7) is 2.86. The molecular weight excluding hydrogens is 466 g/mol. The molecule has 0 spiro atoms. The number of hydrogen-bond donors (Lipinski definition) is 2. The zero-order chi connectivity index (χ0) is 24.3. The van der Waals surface area contributed by atoms with Crippen LogP contribution in [0.5, 0.6) is 0 Å². The van der Waals surface area contributed by atoms with Crippen LogP contribution in [-0.2, 0) is 19.5 Å². The number of hydrogen-bond acceptors (Lipinski definition) is 4. The van der Waals surface area contributed by atoms with Gasteiger partial charge in [0, 0.05) is 49.0 Å². The van der Waals surface area contributed by atoms with Crippen LogP contribution in [0.25, 0.3) is 22.6 Å². The molecule has 3 heterocycles. The highest BCUT2D eigenvalue weighted by atomic mass is 35.5. The predicted octanol–water partition coefficient (Wildman–Crippen LogP) is 7.09. The highest BCUT2D eigenvalue weighted by Gasteiger charge is 2.19. The van der Waals surface area contributed by atoms with E-state index in [0.29, 0.717) is 5.02 Å². The van der Waals surface area contributed by atoms with Gasteiger partial charge in [0.15, 0.2) is 0 Å². The van der Waals surface area contributed by atoms with Crippen LogP contribution in [0.3, 0.4) is 0 Å². The van der Waals surface area contributed by atoms with E-state index in [0.717, 1.165) is 60.1 Å². The van der Waals surface area contributed by atoms with E-state index in [9.17, 15) is 0 Å². The number of H-pyrrole nitrogens is 1. The maximum Gasteiger partial charge on any atom is 0.139 e. The minimum absolute atomic E-state index is 0.663. The summed E-state index contributed by atoms with van der Waals surface area (Å²) in [5.41, 5.74) is 9.05. The molecule has 1 aliphatic rings. The number of rotatable bonds is 6. The third kappa shape index (κ3) is 4.76. The molecule has 6 heteroatoms. The van der Waals surface area contributed by atoms with Gasteiger partial charge in [0.25, 0.3) is 0 Å². The van der Waals surface area contributed by atoms with Crippen LogP contribution in [0.4, 0.5) is 11.4 Å². The molecule has 5 aromatic rings. The van der Waals surface area contributed by atoms with Crippen LogP contribution in [0.15, 0.2) is 97.5 Å². The van der Waals surface area contributed by atoms with E-state index >= 15 is 0 Å². The summed E-state index contributed by atoms with van der Waals surface area (Å²) in [5.74, 6) is 0.753. The van der Waals surface area contributed by atoms with Gasteiger partial charge in [-0.3, -0.25) is 9.88 Å². The molecule has 36 heavy (non-hydrogen) atoms. The molecule has 0 saturated heterocycles. The first-order valence-corrected chi connectivity index (χ1v) is 12.5. The Labute approximate surface area is 215 Å². The third-order valence-corrected chi connectivity index (χ3v) is 6.96. The van der Waals surface area contributed by atoms with Crippen molar-refractivity contribution in [1.82, 2.24) is 19.9 Å². The zero-order valence-electron chi connectivity index (χ0n) is 19.8. The van der Waals surface area contributed by atoms with Crippen molar-refractivity contribution in [3.8, 4) is 22.6 Å². The molecule has 0 bridgehead atoms. The van der Waals surface area contributed by atoms with E-state index in [1.807, 2.05) is 55.0 Å². The first-order valence-electron chi connectivity index (χ1n) is 12.1. The molecule has 0 radical (unpaired) electrons. The molecule has 2 N–H and O–H groups in total. The summed E-state index contributed by atoms with van der Waals surface area (Å²) < 4.78 is 0. The molecule has 0 aliphatic carbocycles. The van der Waals surface area contributed by atoms with Gasteiger partial charge in [-0.05, 0) is 59.0 Å². The van der Waals surface area contributed by atoms with E-state index in [4.69, 9.17) is 11.6 Å².